The summed E-state index contributed by atoms with van der Waals surface area (Å²) in [7, 11) is -3.23. The Bertz CT molecular complexity index is 1300. The fourth-order valence-electron chi connectivity index (χ4n) is 5.32. The van der Waals surface area contributed by atoms with Crippen LogP contribution in [0.1, 0.15) is 114 Å². The number of rotatable bonds is 32. The number of phosphoric acid groups is 1. The van der Waals surface area contributed by atoms with Crippen molar-refractivity contribution in [2.24, 2.45) is 0 Å². The third kappa shape index (κ3) is 24.0. The molecular weight excluding hydrogens is 701 g/mol. The standard InChI is InChI=1S/C40H62NO11P/c1-3-4-5-19-26-36(42)27-20-11-9-7-6-8-10-12-21-28-48-31-37(47-2)32-51-53(45,46)52-33-38(39(43)49-29-34-22-15-13-16-23-34)41-40(44)50-30-35-24-17-14-18-25-35/h13-18,22-25,37-38H,3-12,19-21,26-33H2,1-2H3,(H,41,44)(H,45,46)/t37?,38-/m0/s1. The SMILES string of the molecule is CCCCCCC(=O)CCCCCCCCCCCOCC(COP(=O)(O)OC[C@H](NC(=O)OCc1ccccc1)C(=O)OCc1ccccc1)OC. The third-order valence-electron chi connectivity index (χ3n) is 8.53. The fourth-order valence-corrected chi connectivity index (χ4v) is 6.09. The number of Topliss-reactive ketones (excluding diaryl/α,β-unsaturated/α-hetero) is 1. The van der Waals surface area contributed by atoms with E-state index < -0.39 is 38.6 Å². The molecule has 2 unspecified atom stereocenters. The van der Waals surface area contributed by atoms with Crippen molar-refractivity contribution in [3.05, 3.63) is 71.8 Å². The number of carbonyl (C=O) groups is 3. The molecule has 0 aliphatic rings. The zero-order chi connectivity index (χ0) is 38.4. The van der Waals surface area contributed by atoms with Gasteiger partial charge in [-0.05, 0) is 30.4 Å². The molecule has 12 nitrogen and oxygen atoms in total. The summed E-state index contributed by atoms with van der Waals surface area (Å²) in [6.07, 6.45) is 14.5. The lowest BCUT2D eigenvalue weighted by atomic mass is 10.0. The van der Waals surface area contributed by atoms with Crippen molar-refractivity contribution in [2.45, 2.75) is 129 Å². The highest BCUT2D eigenvalue weighted by molar-refractivity contribution is 7.47. The largest absolute Gasteiger partial charge is 0.472 e. The summed E-state index contributed by atoms with van der Waals surface area (Å²) in [5, 5.41) is 2.35. The number of ether oxygens (including phenoxy) is 4. The molecule has 13 heteroatoms. The molecule has 0 fully saturated rings. The van der Waals surface area contributed by atoms with Gasteiger partial charge in [0.2, 0.25) is 0 Å². The molecule has 1 amide bonds. The maximum Gasteiger partial charge on any atom is 0.472 e. The lowest BCUT2D eigenvalue weighted by molar-refractivity contribution is -0.148. The first kappa shape index (κ1) is 46.0. The van der Waals surface area contributed by atoms with Gasteiger partial charge in [0.25, 0.3) is 0 Å². The molecule has 0 spiro atoms. The number of hydrogen-bond acceptors (Lipinski definition) is 10. The quantitative estimate of drug-likeness (QED) is 0.0418. The molecule has 0 saturated heterocycles. The Morgan fingerprint density at radius 3 is 1.75 bits per heavy atom. The highest BCUT2D eigenvalue weighted by atomic mass is 31.2. The summed E-state index contributed by atoms with van der Waals surface area (Å²) in [6.45, 7) is 1.72. The molecule has 0 aliphatic carbocycles. The number of carbonyl (C=O) groups excluding carboxylic acids is 3. The summed E-state index contributed by atoms with van der Waals surface area (Å²) in [4.78, 5) is 47.6. The minimum Gasteiger partial charge on any atom is -0.459 e. The number of alkyl carbamates (subject to hydrolysis) is 1. The van der Waals surface area contributed by atoms with Crippen molar-refractivity contribution in [3.8, 4) is 0 Å². The van der Waals surface area contributed by atoms with Gasteiger partial charge in [0, 0.05) is 26.6 Å². The van der Waals surface area contributed by atoms with Gasteiger partial charge in [-0.25, -0.2) is 14.2 Å². The zero-order valence-electron chi connectivity index (χ0n) is 31.8. The Morgan fingerprint density at radius 2 is 1.19 bits per heavy atom. The summed E-state index contributed by atoms with van der Waals surface area (Å²) in [5.74, 6) is -0.467. The van der Waals surface area contributed by atoms with Crippen molar-refractivity contribution in [1.29, 1.82) is 0 Å². The first-order valence-corrected chi connectivity index (χ1v) is 20.6. The minimum absolute atomic E-state index is 0.0492. The number of esters is 1. The van der Waals surface area contributed by atoms with E-state index >= 15 is 0 Å². The summed E-state index contributed by atoms with van der Waals surface area (Å²) >= 11 is 0. The molecule has 0 aromatic heterocycles. The van der Waals surface area contributed by atoms with Gasteiger partial charge in [0.15, 0.2) is 6.04 Å². The van der Waals surface area contributed by atoms with E-state index in [1.165, 1.54) is 52.1 Å². The van der Waals surface area contributed by atoms with Crippen molar-refractivity contribution < 1.29 is 51.8 Å². The lowest BCUT2D eigenvalue weighted by Gasteiger charge is -2.21. The summed E-state index contributed by atoms with van der Waals surface area (Å²) in [6, 6.07) is 16.4. The second-order valence-corrected chi connectivity index (χ2v) is 14.6. The van der Waals surface area contributed by atoms with Crippen LogP contribution in [-0.2, 0) is 55.4 Å². The molecule has 2 N–H and O–H groups in total. The smallest absolute Gasteiger partial charge is 0.459 e. The van der Waals surface area contributed by atoms with Crippen LogP contribution in [0.4, 0.5) is 4.79 Å². The van der Waals surface area contributed by atoms with E-state index in [4.69, 9.17) is 28.0 Å². The second-order valence-electron chi connectivity index (χ2n) is 13.1. The number of benzene rings is 2. The number of ketones is 1. The highest BCUT2D eigenvalue weighted by Gasteiger charge is 2.30. The molecular formula is C40H62NO11P. The van der Waals surface area contributed by atoms with Gasteiger partial charge in [-0.2, -0.15) is 0 Å². The summed E-state index contributed by atoms with van der Waals surface area (Å²) in [5.41, 5.74) is 1.45. The predicted octanol–water partition coefficient (Wildman–Crippen LogP) is 8.63. The molecule has 3 atom stereocenters. The van der Waals surface area contributed by atoms with Gasteiger partial charge in [0.05, 0.1) is 19.8 Å². The van der Waals surface area contributed by atoms with Gasteiger partial charge in [0.1, 0.15) is 25.1 Å². The molecule has 0 aliphatic heterocycles. The van der Waals surface area contributed by atoms with Crippen LogP contribution in [0.5, 0.6) is 0 Å². The number of unbranched alkanes of at least 4 members (excludes halogenated alkanes) is 11. The second kappa shape index (κ2) is 29.3. The topological polar surface area (TPSA) is 156 Å². The predicted molar refractivity (Wildman–Crippen MR) is 203 cm³/mol. The van der Waals surface area contributed by atoms with Crippen LogP contribution in [-0.4, -0.2) is 68.4 Å². The van der Waals surface area contributed by atoms with Crippen LogP contribution < -0.4 is 5.32 Å². The molecule has 0 saturated carbocycles. The zero-order valence-corrected chi connectivity index (χ0v) is 32.6. The Balaban J connectivity index is 1.62. The average Bonchev–Trinajstić information content (AvgIpc) is 3.17. The van der Waals surface area contributed by atoms with Gasteiger partial charge >= 0.3 is 19.9 Å². The molecule has 2 aromatic carbocycles. The van der Waals surface area contributed by atoms with E-state index in [9.17, 15) is 23.8 Å². The van der Waals surface area contributed by atoms with Crippen LogP contribution >= 0.6 is 7.82 Å². The van der Waals surface area contributed by atoms with Crippen LogP contribution in [0.2, 0.25) is 0 Å². The monoisotopic (exact) mass is 763 g/mol. The maximum atomic E-state index is 12.9. The highest BCUT2D eigenvalue weighted by Crippen LogP contribution is 2.43. The van der Waals surface area contributed by atoms with Gasteiger partial charge in [-0.1, -0.05) is 132 Å². The molecule has 298 valence electrons. The Morgan fingerprint density at radius 1 is 0.679 bits per heavy atom. The number of nitrogens with one attached hydrogen (secondary N) is 1. The van der Waals surface area contributed by atoms with E-state index in [1.54, 1.807) is 48.5 Å². The van der Waals surface area contributed by atoms with Crippen molar-refractivity contribution in [2.75, 3.05) is 33.5 Å². The van der Waals surface area contributed by atoms with Crippen LogP contribution in [0.25, 0.3) is 0 Å². The molecule has 0 radical (unpaired) electrons. The Labute approximate surface area is 316 Å². The number of phosphoric ester groups is 1. The number of methoxy groups -OCH3 is 1. The summed E-state index contributed by atoms with van der Waals surface area (Å²) < 4.78 is 44.4. The van der Waals surface area contributed by atoms with Gasteiger partial charge in [-0.3, -0.25) is 13.8 Å². The fraction of sp³-hybridized carbons (Fsp3) is 0.625. The third-order valence-corrected chi connectivity index (χ3v) is 9.48. The van der Waals surface area contributed by atoms with E-state index in [0.717, 1.165) is 56.9 Å². The van der Waals surface area contributed by atoms with Crippen molar-refractivity contribution in [3.63, 3.8) is 0 Å². The molecule has 0 bridgehead atoms. The van der Waals surface area contributed by atoms with E-state index in [-0.39, 0.29) is 26.4 Å². The normalized spacial score (nSPS) is 13.5. The van der Waals surface area contributed by atoms with E-state index in [2.05, 4.69) is 12.2 Å². The molecule has 0 heterocycles. The molecule has 53 heavy (non-hydrogen) atoms. The van der Waals surface area contributed by atoms with Crippen LogP contribution in [0.15, 0.2) is 60.7 Å². The van der Waals surface area contributed by atoms with E-state index in [1.807, 2.05) is 12.1 Å². The van der Waals surface area contributed by atoms with Crippen LogP contribution in [0, 0.1) is 0 Å². The number of amides is 1. The van der Waals surface area contributed by atoms with Crippen molar-refractivity contribution >= 4 is 25.7 Å². The maximum absolute atomic E-state index is 12.9. The van der Waals surface area contributed by atoms with Gasteiger partial charge < -0.3 is 29.2 Å². The average molecular weight is 764 g/mol. The first-order chi connectivity index (χ1) is 25.7. The Hall–Kier alpha value is -3.12. The van der Waals surface area contributed by atoms with Gasteiger partial charge in [-0.15, -0.1) is 0 Å². The number of hydrogen-bond donors (Lipinski definition) is 2. The molecule has 2 aromatic rings. The van der Waals surface area contributed by atoms with Crippen LogP contribution in [0.3, 0.4) is 0 Å². The lowest BCUT2D eigenvalue weighted by Crippen LogP contribution is -2.45. The molecule has 2 rings (SSSR count). The van der Waals surface area contributed by atoms with Crippen molar-refractivity contribution in [1.82, 2.24) is 5.32 Å². The Kier molecular flexibility index (Phi) is 25.4. The minimum atomic E-state index is -4.67. The first-order valence-electron chi connectivity index (χ1n) is 19.1. The van der Waals surface area contributed by atoms with E-state index in [0.29, 0.717) is 18.0 Å².